The Bertz CT molecular complexity index is 378. The van der Waals surface area contributed by atoms with Crippen LogP contribution in [-0.4, -0.2) is 35.8 Å². The Morgan fingerprint density at radius 3 is 2.50 bits per heavy atom. The Balaban J connectivity index is 1.78. The molecule has 3 rings (SSSR count). The molecule has 4 nitrogen and oxygen atoms in total. The Morgan fingerprint density at radius 2 is 1.75 bits per heavy atom. The Kier molecular flexibility index (Phi) is 4.11. The van der Waals surface area contributed by atoms with Crippen molar-refractivity contribution in [3.8, 4) is 0 Å². The Labute approximate surface area is 121 Å². The van der Waals surface area contributed by atoms with Gasteiger partial charge in [-0.25, -0.2) is 0 Å². The second kappa shape index (κ2) is 5.84. The van der Waals surface area contributed by atoms with Crippen LogP contribution >= 0.6 is 0 Å². The van der Waals surface area contributed by atoms with Crippen LogP contribution in [0.1, 0.15) is 64.2 Å². The van der Waals surface area contributed by atoms with Gasteiger partial charge in [0.1, 0.15) is 0 Å². The minimum atomic E-state index is -0.333. The van der Waals surface area contributed by atoms with E-state index in [4.69, 9.17) is 0 Å². The van der Waals surface area contributed by atoms with Gasteiger partial charge < -0.3 is 5.32 Å². The number of rotatable bonds is 1. The quantitative estimate of drug-likeness (QED) is 0.748. The van der Waals surface area contributed by atoms with E-state index < -0.39 is 0 Å². The van der Waals surface area contributed by atoms with Crippen LogP contribution in [0.25, 0.3) is 0 Å². The van der Waals surface area contributed by atoms with E-state index in [9.17, 15) is 9.59 Å². The van der Waals surface area contributed by atoms with Crippen molar-refractivity contribution < 1.29 is 9.59 Å². The summed E-state index contributed by atoms with van der Waals surface area (Å²) in [5.74, 6) is 0.240. The average molecular weight is 278 g/mol. The van der Waals surface area contributed by atoms with E-state index in [0.29, 0.717) is 6.42 Å². The number of hydrogen-bond acceptors (Lipinski definition) is 3. The van der Waals surface area contributed by atoms with Gasteiger partial charge in [-0.1, -0.05) is 32.1 Å². The number of nitrogens with one attached hydrogen (secondary N) is 1. The maximum Gasteiger partial charge on any atom is 0.236 e. The molecule has 1 spiro atoms. The van der Waals surface area contributed by atoms with E-state index in [2.05, 4.69) is 5.32 Å². The predicted molar refractivity (Wildman–Crippen MR) is 77.1 cm³/mol. The molecule has 2 heterocycles. The molecule has 4 heteroatoms. The van der Waals surface area contributed by atoms with Crippen LogP contribution in [0.5, 0.6) is 0 Å². The zero-order valence-electron chi connectivity index (χ0n) is 12.3. The highest BCUT2D eigenvalue weighted by atomic mass is 16.2. The molecule has 1 aliphatic carbocycles. The van der Waals surface area contributed by atoms with Gasteiger partial charge in [-0.05, 0) is 32.2 Å². The normalized spacial score (nSPS) is 31.4. The second-order valence-corrected chi connectivity index (χ2v) is 6.79. The first-order valence-corrected chi connectivity index (χ1v) is 8.30. The highest BCUT2D eigenvalue weighted by Crippen LogP contribution is 2.45. The van der Waals surface area contributed by atoms with Crippen molar-refractivity contribution in [2.45, 2.75) is 70.3 Å². The van der Waals surface area contributed by atoms with E-state index in [-0.39, 0.29) is 23.3 Å². The molecule has 0 aromatic heterocycles. The van der Waals surface area contributed by atoms with Gasteiger partial charge in [0.15, 0.2) is 0 Å². The van der Waals surface area contributed by atoms with Crippen molar-refractivity contribution in [1.82, 2.24) is 10.2 Å². The van der Waals surface area contributed by atoms with Crippen molar-refractivity contribution in [3.63, 3.8) is 0 Å². The summed E-state index contributed by atoms with van der Waals surface area (Å²) in [4.78, 5) is 27.0. The summed E-state index contributed by atoms with van der Waals surface area (Å²) in [7, 11) is 0. The van der Waals surface area contributed by atoms with Gasteiger partial charge in [0.2, 0.25) is 11.8 Å². The predicted octanol–water partition coefficient (Wildman–Crippen LogP) is 2.23. The van der Waals surface area contributed by atoms with Crippen molar-refractivity contribution in [2.75, 3.05) is 13.1 Å². The molecule has 0 bridgehead atoms. The van der Waals surface area contributed by atoms with E-state index in [0.717, 1.165) is 58.0 Å². The average Bonchev–Trinajstić information content (AvgIpc) is 2.72. The summed E-state index contributed by atoms with van der Waals surface area (Å²) < 4.78 is 0. The fourth-order valence-electron chi connectivity index (χ4n) is 4.21. The minimum Gasteiger partial charge on any atom is -0.315 e. The Hall–Kier alpha value is -0.900. The van der Waals surface area contributed by atoms with Crippen LogP contribution in [0.4, 0.5) is 0 Å². The van der Waals surface area contributed by atoms with Gasteiger partial charge in [0, 0.05) is 13.0 Å². The van der Waals surface area contributed by atoms with E-state index in [1.54, 1.807) is 4.90 Å². The monoisotopic (exact) mass is 278 g/mol. The molecule has 112 valence electrons. The molecule has 20 heavy (non-hydrogen) atoms. The number of carbonyl (C=O) groups excluding carboxylic acids is 2. The van der Waals surface area contributed by atoms with Crippen LogP contribution in [0.3, 0.4) is 0 Å². The number of likely N-dealkylation sites (tertiary alicyclic amines) is 1. The third-order valence-electron chi connectivity index (χ3n) is 5.38. The van der Waals surface area contributed by atoms with E-state index in [1.807, 2.05) is 0 Å². The number of imide groups is 1. The largest absolute Gasteiger partial charge is 0.315 e. The number of carbonyl (C=O) groups is 2. The highest BCUT2D eigenvalue weighted by molar-refractivity contribution is 6.06. The lowest BCUT2D eigenvalue weighted by Crippen LogP contribution is -2.46. The van der Waals surface area contributed by atoms with Gasteiger partial charge in [0.05, 0.1) is 11.5 Å². The van der Waals surface area contributed by atoms with E-state index in [1.165, 1.54) is 12.8 Å². The third-order valence-corrected chi connectivity index (χ3v) is 5.38. The molecule has 1 N–H and O–H groups in total. The van der Waals surface area contributed by atoms with Crippen molar-refractivity contribution in [3.05, 3.63) is 0 Å². The fraction of sp³-hybridized carbons (Fsp3) is 0.875. The van der Waals surface area contributed by atoms with Gasteiger partial charge >= 0.3 is 0 Å². The highest BCUT2D eigenvalue weighted by Gasteiger charge is 2.52. The zero-order chi connectivity index (χ0) is 14.0. The van der Waals surface area contributed by atoms with Gasteiger partial charge in [-0.3, -0.25) is 14.5 Å². The second-order valence-electron chi connectivity index (χ2n) is 6.79. The molecule has 0 aromatic carbocycles. The molecule has 3 fully saturated rings. The van der Waals surface area contributed by atoms with Crippen LogP contribution in [0.2, 0.25) is 0 Å². The van der Waals surface area contributed by atoms with Crippen molar-refractivity contribution in [2.24, 2.45) is 5.41 Å². The first kappa shape index (κ1) is 14.1. The molecule has 2 saturated heterocycles. The molecular formula is C16H26N2O2. The summed E-state index contributed by atoms with van der Waals surface area (Å²) in [6.45, 7) is 1.80. The summed E-state index contributed by atoms with van der Waals surface area (Å²) >= 11 is 0. The molecule has 1 saturated carbocycles. The van der Waals surface area contributed by atoms with Crippen molar-refractivity contribution in [1.29, 1.82) is 0 Å². The topological polar surface area (TPSA) is 49.4 Å². The molecule has 2 aliphatic heterocycles. The molecule has 1 unspecified atom stereocenters. The summed E-state index contributed by atoms with van der Waals surface area (Å²) in [6, 6.07) is 0.0973. The third kappa shape index (κ3) is 2.50. The lowest BCUT2D eigenvalue weighted by Gasteiger charge is -2.29. The van der Waals surface area contributed by atoms with Crippen LogP contribution < -0.4 is 5.32 Å². The van der Waals surface area contributed by atoms with Gasteiger partial charge in [-0.2, -0.15) is 0 Å². The lowest BCUT2D eigenvalue weighted by molar-refractivity contribution is -0.144. The number of amides is 2. The molecule has 0 aromatic rings. The maximum atomic E-state index is 12.9. The van der Waals surface area contributed by atoms with Crippen molar-refractivity contribution >= 4 is 11.8 Å². The molecule has 2 amide bonds. The first-order chi connectivity index (χ1) is 9.73. The maximum absolute atomic E-state index is 12.9. The van der Waals surface area contributed by atoms with Crippen LogP contribution in [0, 0.1) is 5.41 Å². The summed E-state index contributed by atoms with van der Waals surface area (Å²) in [6.07, 6.45) is 10.2. The smallest absolute Gasteiger partial charge is 0.236 e. The van der Waals surface area contributed by atoms with Gasteiger partial charge in [-0.15, -0.1) is 0 Å². The Morgan fingerprint density at radius 1 is 1.00 bits per heavy atom. The fourth-order valence-corrected chi connectivity index (χ4v) is 4.21. The zero-order valence-corrected chi connectivity index (χ0v) is 12.3. The van der Waals surface area contributed by atoms with E-state index >= 15 is 0 Å². The molecule has 0 radical (unpaired) electrons. The minimum absolute atomic E-state index is 0.0885. The SMILES string of the molecule is O=C1CC2(CCCCCC2)C(=O)N1C1CCCCNC1. The standard InChI is InChI=1S/C16H26N2O2/c19-14-11-16(8-4-1-2-5-9-16)15(20)18(14)13-7-3-6-10-17-12-13/h13,17H,1-12H2. The van der Waals surface area contributed by atoms with Crippen LogP contribution in [0.15, 0.2) is 0 Å². The summed E-state index contributed by atoms with van der Waals surface area (Å²) in [5.41, 5.74) is -0.333. The molecule has 1 atom stereocenters. The molecule has 3 aliphatic rings. The number of nitrogens with zero attached hydrogens (tertiary/aromatic N) is 1. The first-order valence-electron chi connectivity index (χ1n) is 8.30. The van der Waals surface area contributed by atoms with Gasteiger partial charge in [0.25, 0.3) is 0 Å². The number of hydrogen-bond donors (Lipinski definition) is 1. The summed E-state index contributed by atoms with van der Waals surface area (Å²) in [5, 5.41) is 3.37. The lowest BCUT2D eigenvalue weighted by atomic mass is 9.79. The molecular weight excluding hydrogens is 252 g/mol. The van der Waals surface area contributed by atoms with Crippen LogP contribution in [-0.2, 0) is 9.59 Å².